The van der Waals surface area contributed by atoms with Crippen molar-refractivity contribution in [2.45, 2.75) is 39.5 Å². The molecule has 1 aliphatic rings. The van der Waals surface area contributed by atoms with E-state index in [2.05, 4.69) is 103 Å². The third kappa shape index (κ3) is 6.42. The molecular weight excluding hydrogens is 564 g/mol. The van der Waals surface area contributed by atoms with Gasteiger partial charge in [0.25, 0.3) is 0 Å². The maximum Gasteiger partial charge on any atom is -0.147 e. The summed E-state index contributed by atoms with van der Waals surface area (Å²) in [6.45, 7) is 11.1. The first-order valence-electron chi connectivity index (χ1n) is 11.7. The number of hydrogen-bond acceptors (Lipinski definition) is 3. The molecule has 0 unspecified atom stereocenters. The minimum atomic E-state index is -0.187. The van der Waals surface area contributed by atoms with Gasteiger partial charge < -0.3 is 0 Å². The first-order chi connectivity index (χ1) is 16.0. The van der Waals surface area contributed by atoms with Crippen LogP contribution in [0.2, 0.25) is 0 Å². The summed E-state index contributed by atoms with van der Waals surface area (Å²) in [7, 11) is 1.75. The molecule has 1 fully saturated rings. The van der Waals surface area contributed by atoms with Crippen molar-refractivity contribution in [1.82, 2.24) is 0 Å². The number of ether oxygens (including phenoxy) is 1. The summed E-state index contributed by atoms with van der Waals surface area (Å²) in [6.07, 6.45) is 0. The van der Waals surface area contributed by atoms with Crippen molar-refractivity contribution in [3.63, 3.8) is 0 Å². The molecule has 0 atom stereocenters. The zero-order valence-electron chi connectivity index (χ0n) is 21.0. The average Bonchev–Trinajstić information content (AvgIpc) is 3.26. The van der Waals surface area contributed by atoms with Crippen molar-refractivity contribution in [2.75, 3.05) is 30.0 Å². The van der Waals surface area contributed by atoms with Gasteiger partial charge in [0, 0.05) is 0 Å². The van der Waals surface area contributed by atoms with Gasteiger partial charge in [0.2, 0.25) is 0 Å². The second kappa shape index (κ2) is 13.3. The minimum absolute atomic E-state index is 0. The van der Waals surface area contributed by atoms with Gasteiger partial charge in [-0.1, -0.05) is 0 Å². The Morgan fingerprint density at radius 3 is 1.66 bits per heavy atom. The summed E-state index contributed by atoms with van der Waals surface area (Å²) in [5.74, 6) is 1.90. The minimum Gasteiger partial charge on any atom is -0.147 e. The van der Waals surface area contributed by atoms with Crippen LogP contribution in [0.5, 0.6) is 5.75 Å². The number of halogens is 2. The Balaban J connectivity index is 0.00000216. The van der Waals surface area contributed by atoms with E-state index in [4.69, 9.17) is 4.74 Å². The molecule has 3 aromatic rings. The van der Waals surface area contributed by atoms with Gasteiger partial charge >= 0.3 is 206 Å². The van der Waals surface area contributed by atoms with E-state index in [9.17, 15) is 0 Å². The number of nitrogens with zero attached hydrogens (tertiary/aromatic N) is 2. The molecule has 6 heteroatoms. The van der Waals surface area contributed by atoms with Crippen molar-refractivity contribution < 1.29 is 21.0 Å². The predicted molar refractivity (Wildman–Crippen MR) is 153 cm³/mol. The topological polar surface area (TPSA) is 15.7 Å². The van der Waals surface area contributed by atoms with Crippen LogP contribution in [0.4, 0.5) is 11.4 Å². The van der Waals surface area contributed by atoms with Crippen LogP contribution in [-0.2, 0) is 16.2 Å². The van der Waals surface area contributed by atoms with E-state index in [-0.39, 0.29) is 41.0 Å². The van der Waals surface area contributed by atoms with Crippen molar-refractivity contribution in [2.24, 2.45) is 0 Å². The molecule has 1 heterocycles. The molecule has 0 spiro atoms. The Morgan fingerprint density at radius 2 is 1.17 bits per heavy atom. The Bertz CT molecular complexity index is 1130. The van der Waals surface area contributed by atoms with Crippen LogP contribution in [0.25, 0.3) is 0 Å². The zero-order chi connectivity index (χ0) is 23.4. The second-order valence-corrected chi connectivity index (χ2v) is 10.7. The summed E-state index contributed by atoms with van der Waals surface area (Å²) in [6, 6.07) is 26.1. The first-order valence-corrected chi connectivity index (χ1v) is 13.6. The van der Waals surface area contributed by atoms with Crippen molar-refractivity contribution >= 4 is 45.2 Å². The Morgan fingerprint density at radius 1 is 0.714 bits per heavy atom. The number of hydrogen-bond donors (Lipinski definition) is 0. The van der Waals surface area contributed by atoms with Gasteiger partial charge in [-0.3, -0.25) is 0 Å². The van der Waals surface area contributed by atoms with Crippen LogP contribution in [0.3, 0.4) is 0 Å². The molecule has 0 aromatic heterocycles. The fraction of sp³-hybridized carbons (Fsp3) is 0.310. The number of para-hydroxylation sites is 3. The van der Waals surface area contributed by atoms with Crippen molar-refractivity contribution in [3.05, 3.63) is 89.5 Å². The van der Waals surface area contributed by atoms with E-state index in [1.807, 2.05) is 12.1 Å². The van der Waals surface area contributed by atoms with E-state index < -0.39 is 0 Å². The molecular formula is C29H36Cl2N2ORu. The second-order valence-electron chi connectivity index (χ2n) is 8.93. The Kier molecular flexibility index (Phi) is 11.2. The summed E-state index contributed by atoms with van der Waals surface area (Å²) in [4.78, 5) is 5.13. The molecule has 1 aliphatic heterocycles. The molecule has 3 nitrogen and oxygen atoms in total. The fourth-order valence-corrected chi connectivity index (χ4v) is 6.62. The largest absolute Gasteiger partial charge is 0.147 e. The molecule has 35 heavy (non-hydrogen) atoms. The van der Waals surface area contributed by atoms with E-state index >= 15 is 0 Å². The molecule has 190 valence electrons. The monoisotopic (exact) mass is 600 g/mol. The van der Waals surface area contributed by atoms with Crippen LogP contribution >= 0.6 is 24.8 Å². The number of benzene rings is 3. The Labute approximate surface area is 229 Å². The van der Waals surface area contributed by atoms with Gasteiger partial charge in [-0.2, -0.15) is 0 Å². The molecule has 0 amide bonds. The molecule has 0 N–H and O–H groups in total. The molecule has 4 rings (SSSR count). The normalized spacial score (nSPS) is 13.1. The molecule has 0 bridgehead atoms. The van der Waals surface area contributed by atoms with Gasteiger partial charge in [-0.05, 0) is 0 Å². The summed E-state index contributed by atoms with van der Waals surface area (Å²) in [5, 5.41) is 0. The van der Waals surface area contributed by atoms with E-state index in [0.717, 1.165) is 18.8 Å². The third-order valence-electron chi connectivity index (χ3n) is 6.07. The summed E-state index contributed by atoms with van der Waals surface area (Å²) in [5.41, 5.74) is 6.68. The van der Waals surface area contributed by atoms with Crippen molar-refractivity contribution in [3.8, 4) is 5.75 Å². The average molecular weight is 601 g/mol. The quantitative estimate of drug-likeness (QED) is 0.280. The van der Waals surface area contributed by atoms with Crippen molar-refractivity contribution in [1.29, 1.82) is 0 Å². The number of rotatable bonds is 6. The van der Waals surface area contributed by atoms with E-state index in [1.165, 1.54) is 32.4 Å². The predicted octanol–water partition coefficient (Wildman–Crippen LogP) is 7.13. The van der Waals surface area contributed by atoms with E-state index in [1.54, 1.807) is 7.11 Å². The molecule has 3 aromatic carbocycles. The SMILES string of the molecule is COc1ccccc1[CH]=[Ru]=[C]1N(c2ccccc2C(C)C)CCN1c1ccccc1C(C)C.Cl.Cl. The maximum atomic E-state index is 5.63. The molecule has 1 saturated heterocycles. The number of methoxy groups -OCH3 is 1. The van der Waals surface area contributed by atoms with Crippen LogP contribution in [-0.4, -0.2) is 29.2 Å². The van der Waals surface area contributed by atoms with Crippen LogP contribution in [0, 0.1) is 0 Å². The van der Waals surface area contributed by atoms with Gasteiger partial charge in [0.15, 0.2) is 0 Å². The summed E-state index contributed by atoms with van der Waals surface area (Å²) >= 11 is -0.187. The van der Waals surface area contributed by atoms with Gasteiger partial charge in [-0.15, -0.1) is 24.8 Å². The van der Waals surface area contributed by atoms with Crippen LogP contribution in [0.15, 0.2) is 72.8 Å². The molecule has 0 aliphatic carbocycles. The zero-order valence-corrected chi connectivity index (χ0v) is 24.4. The maximum absolute atomic E-state index is 5.63. The molecule has 0 radical (unpaired) electrons. The number of anilines is 2. The first kappa shape index (κ1) is 29.2. The van der Waals surface area contributed by atoms with Gasteiger partial charge in [0.1, 0.15) is 0 Å². The molecule has 0 saturated carbocycles. The van der Waals surface area contributed by atoms with Crippen LogP contribution in [0.1, 0.15) is 56.2 Å². The fourth-order valence-electron chi connectivity index (χ4n) is 4.36. The van der Waals surface area contributed by atoms with Gasteiger partial charge in [0.05, 0.1) is 0 Å². The summed E-state index contributed by atoms with van der Waals surface area (Å²) < 4.78 is 9.43. The van der Waals surface area contributed by atoms with E-state index in [0.29, 0.717) is 11.8 Å². The van der Waals surface area contributed by atoms with Crippen LogP contribution < -0.4 is 14.5 Å². The standard InChI is InChI=1S/C21H26N2.C8H8O.2ClH.Ru/c1-16(2)18-9-5-7-11-20(18)22-13-14-23(15-22)21-12-8-6-10-19(21)17(3)4;1-7-5-3-4-6-8(7)9-2;;;/h5-12,16-17H,13-14H2,1-4H3;1,3-6H,2H3;2*1H;. The van der Waals surface area contributed by atoms with Gasteiger partial charge in [-0.25, -0.2) is 0 Å². The Hall–Kier alpha value is -2.00. The smallest absolute Gasteiger partial charge is 0.147 e. The third-order valence-corrected chi connectivity index (χ3v) is 8.25.